The highest BCUT2D eigenvalue weighted by atomic mass is 16.5. The van der Waals surface area contributed by atoms with Crippen molar-refractivity contribution in [2.75, 3.05) is 6.54 Å². The molecule has 0 aliphatic rings. The topological polar surface area (TPSA) is 47.3 Å². The summed E-state index contributed by atoms with van der Waals surface area (Å²) >= 11 is 0. The number of benzene rings is 1. The third-order valence-corrected chi connectivity index (χ3v) is 2.93. The molecule has 0 fully saturated rings. The van der Waals surface area contributed by atoms with Crippen molar-refractivity contribution in [2.24, 2.45) is 5.73 Å². The Bertz CT molecular complexity index is 344. The average molecular weight is 234 g/mol. The molecule has 0 saturated carbocycles. The zero-order valence-electron chi connectivity index (χ0n) is 10.7. The van der Waals surface area contributed by atoms with E-state index in [1.54, 1.807) is 0 Å². The molecule has 0 bridgehead atoms. The van der Waals surface area contributed by atoms with E-state index in [1.807, 2.05) is 30.3 Å². The van der Waals surface area contributed by atoms with Gasteiger partial charge in [0.15, 0.2) is 5.88 Å². The van der Waals surface area contributed by atoms with Crippen molar-refractivity contribution < 1.29 is 4.74 Å². The monoisotopic (exact) mass is 234 g/mol. The Hall–Kier alpha value is -1.48. The van der Waals surface area contributed by atoms with Crippen molar-refractivity contribution in [1.82, 2.24) is 5.32 Å². The standard InChI is InChI=1S/C14H22N2O/c1-4-14(3,11-15)16-12(2)17-10-13-8-6-5-7-9-13/h5-9,16H,2,4,10-11,15H2,1,3H3. The first-order chi connectivity index (χ1) is 8.09. The summed E-state index contributed by atoms with van der Waals surface area (Å²) in [6.07, 6.45) is 0.928. The van der Waals surface area contributed by atoms with Crippen LogP contribution in [0.15, 0.2) is 42.8 Å². The van der Waals surface area contributed by atoms with Gasteiger partial charge in [-0.25, -0.2) is 0 Å². The molecule has 0 amide bonds. The van der Waals surface area contributed by atoms with E-state index in [1.165, 1.54) is 0 Å². The Balaban J connectivity index is 2.40. The molecule has 0 saturated heterocycles. The Morgan fingerprint density at radius 1 is 1.41 bits per heavy atom. The largest absolute Gasteiger partial charge is 0.475 e. The van der Waals surface area contributed by atoms with Gasteiger partial charge in [0.1, 0.15) is 6.61 Å². The van der Waals surface area contributed by atoms with E-state index in [-0.39, 0.29) is 5.54 Å². The normalized spacial score (nSPS) is 13.8. The van der Waals surface area contributed by atoms with E-state index in [2.05, 4.69) is 25.7 Å². The van der Waals surface area contributed by atoms with E-state index in [0.29, 0.717) is 19.0 Å². The number of nitrogens with two attached hydrogens (primary N) is 1. The SMILES string of the molecule is C=C(NC(C)(CC)CN)OCc1ccccc1. The summed E-state index contributed by atoms with van der Waals surface area (Å²) in [4.78, 5) is 0. The summed E-state index contributed by atoms with van der Waals surface area (Å²) in [7, 11) is 0. The molecule has 94 valence electrons. The predicted octanol–water partition coefficient (Wildman–Crippen LogP) is 2.39. The molecule has 1 unspecified atom stereocenters. The smallest absolute Gasteiger partial charge is 0.180 e. The van der Waals surface area contributed by atoms with Crippen LogP contribution in [0, 0.1) is 0 Å². The summed E-state index contributed by atoms with van der Waals surface area (Å²) in [5, 5.41) is 3.22. The number of hydrogen-bond donors (Lipinski definition) is 2. The highest BCUT2D eigenvalue weighted by Gasteiger charge is 2.20. The van der Waals surface area contributed by atoms with Gasteiger partial charge in [0, 0.05) is 12.1 Å². The van der Waals surface area contributed by atoms with Crippen molar-refractivity contribution in [3.63, 3.8) is 0 Å². The maximum absolute atomic E-state index is 5.71. The van der Waals surface area contributed by atoms with Gasteiger partial charge in [-0.05, 0) is 25.5 Å². The molecule has 0 aliphatic carbocycles. The molecule has 0 aliphatic heterocycles. The summed E-state index contributed by atoms with van der Waals surface area (Å²) in [6.45, 7) is 9.09. The van der Waals surface area contributed by atoms with Crippen LogP contribution in [0.25, 0.3) is 0 Å². The van der Waals surface area contributed by atoms with Gasteiger partial charge >= 0.3 is 0 Å². The fraction of sp³-hybridized carbons (Fsp3) is 0.429. The minimum atomic E-state index is -0.145. The van der Waals surface area contributed by atoms with Crippen molar-refractivity contribution in [2.45, 2.75) is 32.4 Å². The molecule has 1 aromatic rings. The highest BCUT2D eigenvalue weighted by molar-refractivity contribution is 5.13. The van der Waals surface area contributed by atoms with Crippen molar-refractivity contribution in [3.8, 4) is 0 Å². The van der Waals surface area contributed by atoms with Crippen LogP contribution in [0.3, 0.4) is 0 Å². The Morgan fingerprint density at radius 3 is 2.59 bits per heavy atom. The maximum Gasteiger partial charge on any atom is 0.180 e. The van der Waals surface area contributed by atoms with Gasteiger partial charge in [0.2, 0.25) is 0 Å². The first kappa shape index (κ1) is 13.6. The third kappa shape index (κ3) is 4.49. The van der Waals surface area contributed by atoms with Gasteiger partial charge in [-0.1, -0.05) is 37.3 Å². The van der Waals surface area contributed by atoms with Crippen LogP contribution in [0.4, 0.5) is 0 Å². The lowest BCUT2D eigenvalue weighted by molar-refractivity contribution is 0.156. The molecule has 0 aromatic heterocycles. The second-order valence-corrected chi connectivity index (χ2v) is 4.44. The van der Waals surface area contributed by atoms with Crippen molar-refractivity contribution >= 4 is 0 Å². The molecular weight excluding hydrogens is 212 g/mol. The Labute approximate surface area is 104 Å². The van der Waals surface area contributed by atoms with Crippen LogP contribution in [0.1, 0.15) is 25.8 Å². The van der Waals surface area contributed by atoms with E-state index in [4.69, 9.17) is 10.5 Å². The highest BCUT2D eigenvalue weighted by Crippen LogP contribution is 2.10. The molecule has 3 heteroatoms. The van der Waals surface area contributed by atoms with Crippen LogP contribution >= 0.6 is 0 Å². The van der Waals surface area contributed by atoms with Gasteiger partial charge in [-0.15, -0.1) is 0 Å². The lowest BCUT2D eigenvalue weighted by Gasteiger charge is -2.29. The third-order valence-electron chi connectivity index (χ3n) is 2.93. The van der Waals surface area contributed by atoms with E-state index < -0.39 is 0 Å². The van der Waals surface area contributed by atoms with E-state index >= 15 is 0 Å². The van der Waals surface area contributed by atoms with Crippen LogP contribution in [-0.4, -0.2) is 12.1 Å². The fourth-order valence-electron chi connectivity index (χ4n) is 1.40. The molecular formula is C14H22N2O. The molecule has 3 N–H and O–H groups in total. The second-order valence-electron chi connectivity index (χ2n) is 4.44. The molecule has 3 nitrogen and oxygen atoms in total. The van der Waals surface area contributed by atoms with Gasteiger partial charge in [-0.2, -0.15) is 0 Å². The van der Waals surface area contributed by atoms with Gasteiger partial charge in [0.25, 0.3) is 0 Å². The number of ether oxygens (including phenoxy) is 1. The molecule has 1 rings (SSSR count). The minimum Gasteiger partial charge on any atom is -0.475 e. The molecule has 17 heavy (non-hydrogen) atoms. The second kappa shape index (κ2) is 6.30. The quantitative estimate of drug-likeness (QED) is 0.712. The van der Waals surface area contributed by atoms with Crippen LogP contribution in [-0.2, 0) is 11.3 Å². The zero-order chi connectivity index (χ0) is 12.7. The van der Waals surface area contributed by atoms with Crippen molar-refractivity contribution in [3.05, 3.63) is 48.4 Å². The minimum absolute atomic E-state index is 0.145. The summed E-state index contributed by atoms with van der Waals surface area (Å²) < 4.78 is 5.57. The van der Waals surface area contributed by atoms with Gasteiger partial charge in [-0.3, -0.25) is 0 Å². The van der Waals surface area contributed by atoms with E-state index in [9.17, 15) is 0 Å². The predicted molar refractivity (Wildman–Crippen MR) is 71.3 cm³/mol. The molecule has 0 spiro atoms. The number of nitrogens with one attached hydrogen (secondary N) is 1. The average Bonchev–Trinajstić information content (AvgIpc) is 2.37. The molecule has 1 aromatic carbocycles. The summed E-state index contributed by atoms with van der Waals surface area (Å²) in [5.74, 6) is 0.573. The van der Waals surface area contributed by atoms with Gasteiger partial charge < -0.3 is 15.8 Å². The summed E-state index contributed by atoms with van der Waals surface area (Å²) in [5.41, 5.74) is 6.70. The molecule has 1 atom stereocenters. The van der Waals surface area contributed by atoms with Crippen LogP contribution in [0.5, 0.6) is 0 Å². The first-order valence-corrected chi connectivity index (χ1v) is 5.93. The maximum atomic E-state index is 5.71. The lowest BCUT2D eigenvalue weighted by Crippen LogP contribution is -2.47. The summed E-state index contributed by atoms with van der Waals surface area (Å²) in [6, 6.07) is 10.0. The van der Waals surface area contributed by atoms with Crippen LogP contribution in [0.2, 0.25) is 0 Å². The number of rotatable bonds is 7. The lowest BCUT2D eigenvalue weighted by atomic mass is 10.00. The van der Waals surface area contributed by atoms with Crippen molar-refractivity contribution in [1.29, 1.82) is 0 Å². The zero-order valence-corrected chi connectivity index (χ0v) is 10.7. The Kier molecular flexibility index (Phi) is 5.04. The van der Waals surface area contributed by atoms with Crippen LogP contribution < -0.4 is 11.1 Å². The fourth-order valence-corrected chi connectivity index (χ4v) is 1.40. The molecule has 0 radical (unpaired) electrons. The number of hydrogen-bond acceptors (Lipinski definition) is 3. The van der Waals surface area contributed by atoms with E-state index in [0.717, 1.165) is 12.0 Å². The Morgan fingerprint density at radius 2 is 2.06 bits per heavy atom. The molecule has 0 heterocycles. The first-order valence-electron chi connectivity index (χ1n) is 5.93. The van der Waals surface area contributed by atoms with Gasteiger partial charge in [0.05, 0.1) is 0 Å².